The molecule has 8 heteroatoms. The van der Waals surface area contributed by atoms with Gasteiger partial charge in [0, 0.05) is 22.8 Å². The first kappa shape index (κ1) is 23.4. The Hall–Kier alpha value is -2.22. The summed E-state index contributed by atoms with van der Waals surface area (Å²) in [4.78, 5) is 42.5. The number of rotatable bonds is 9. The van der Waals surface area contributed by atoms with Gasteiger partial charge in [0.2, 0.25) is 0 Å². The molecule has 2 fully saturated rings. The van der Waals surface area contributed by atoms with Gasteiger partial charge >= 0.3 is 12.0 Å². The van der Waals surface area contributed by atoms with Gasteiger partial charge in [0.15, 0.2) is 0 Å². The molecule has 170 valence electrons. The number of fused-ring (bicyclic) bond motifs is 1. The van der Waals surface area contributed by atoms with Crippen molar-refractivity contribution < 1.29 is 19.2 Å². The molecule has 2 saturated heterocycles. The van der Waals surface area contributed by atoms with Crippen molar-refractivity contribution >= 4 is 29.7 Å². The van der Waals surface area contributed by atoms with Crippen molar-refractivity contribution in [2.45, 2.75) is 76.8 Å². The van der Waals surface area contributed by atoms with Gasteiger partial charge in [-0.25, -0.2) is 9.59 Å². The number of urea groups is 1. The minimum atomic E-state index is -0.606. The topological polar surface area (TPSA) is 87.7 Å². The smallest absolute Gasteiger partial charge is 0.332 e. The molecular formula is C23H33N3O4S. The molecule has 0 aromatic heterocycles. The molecule has 3 rings (SSSR count). The third-order valence-corrected chi connectivity index (χ3v) is 7.64. The van der Waals surface area contributed by atoms with E-state index in [4.69, 9.17) is 4.84 Å². The van der Waals surface area contributed by atoms with Crippen LogP contribution in [-0.4, -0.2) is 46.1 Å². The molecule has 2 aliphatic rings. The van der Waals surface area contributed by atoms with E-state index in [1.54, 1.807) is 0 Å². The van der Waals surface area contributed by atoms with E-state index in [0.29, 0.717) is 18.1 Å². The Labute approximate surface area is 188 Å². The molecule has 0 saturated carbocycles. The maximum Gasteiger partial charge on any atom is 0.332 e. The molecule has 2 heterocycles. The van der Waals surface area contributed by atoms with E-state index >= 15 is 0 Å². The summed E-state index contributed by atoms with van der Waals surface area (Å²) in [5.41, 5.74) is 0.306. The third-order valence-electron chi connectivity index (χ3n) is 6.13. The van der Waals surface area contributed by atoms with Gasteiger partial charge in [-0.15, -0.1) is 0 Å². The maximum absolute atomic E-state index is 13.0. The first-order chi connectivity index (χ1) is 14.8. The number of hydrogen-bond acceptors (Lipinski definition) is 5. The number of thioether (sulfide) groups is 1. The lowest BCUT2D eigenvalue weighted by atomic mass is 9.89. The van der Waals surface area contributed by atoms with Crippen molar-refractivity contribution in [1.82, 2.24) is 15.7 Å². The third kappa shape index (κ3) is 6.15. The van der Waals surface area contributed by atoms with Crippen LogP contribution in [0.1, 0.15) is 58.4 Å². The summed E-state index contributed by atoms with van der Waals surface area (Å²) in [6.07, 6.45) is 3.43. The van der Waals surface area contributed by atoms with Crippen LogP contribution in [0.4, 0.5) is 4.79 Å². The van der Waals surface area contributed by atoms with E-state index in [2.05, 4.69) is 10.6 Å². The maximum atomic E-state index is 13.0. The van der Waals surface area contributed by atoms with E-state index in [-0.39, 0.29) is 43.0 Å². The van der Waals surface area contributed by atoms with E-state index in [1.165, 1.54) is 5.06 Å². The van der Waals surface area contributed by atoms with Gasteiger partial charge in [0.25, 0.3) is 5.91 Å². The van der Waals surface area contributed by atoms with E-state index in [0.717, 1.165) is 24.2 Å². The monoisotopic (exact) mass is 447 g/mol. The van der Waals surface area contributed by atoms with E-state index in [9.17, 15) is 14.4 Å². The van der Waals surface area contributed by atoms with Crippen LogP contribution in [0.2, 0.25) is 0 Å². The quantitative estimate of drug-likeness (QED) is 0.343. The van der Waals surface area contributed by atoms with Gasteiger partial charge in [-0.1, -0.05) is 57.5 Å². The van der Waals surface area contributed by atoms with Crippen LogP contribution < -0.4 is 10.6 Å². The summed E-state index contributed by atoms with van der Waals surface area (Å²) >= 11 is 1.87. The van der Waals surface area contributed by atoms with Crippen molar-refractivity contribution in [2.24, 2.45) is 5.41 Å². The number of hydrogen-bond donors (Lipinski definition) is 2. The van der Waals surface area contributed by atoms with Crippen LogP contribution in [0.25, 0.3) is 0 Å². The Kier molecular flexibility index (Phi) is 7.86. The van der Waals surface area contributed by atoms with Crippen LogP contribution in [0, 0.1) is 5.41 Å². The number of carbonyl (C=O) groups excluding carboxylic acids is 3. The number of unbranched alkanes of at least 4 members (excludes halogenated alkanes) is 1. The van der Waals surface area contributed by atoms with Crippen LogP contribution >= 0.6 is 11.8 Å². The zero-order chi connectivity index (χ0) is 22.4. The van der Waals surface area contributed by atoms with E-state index in [1.807, 2.05) is 62.9 Å². The second-order valence-corrected chi connectivity index (χ2v) is 10.2. The fourth-order valence-electron chi connectivity index (χ4n) is 3.81. The molecule has 31 heavy (non-hydrogen) atoms. The Morgan fingerprint density at radius 2 is 1.94 bits per heavy atom. The van der Waals surface area contributed by atoms with Gasteiger partial charge in [-0.05, 0) is 24.8 Å². The highest BCUT2D eigenvalue weighted by Crippen LogP contribution is 2.33. The number of nitrogens with one attached hydrogen (secondary N) is 2. The normalized spacial score (nSPS) is 22.4. The van der Waals surface area contributed by atoms with Gasteiger partial charge in [0.05, 0.1) is 18.6 Å². The molecule has 2 N–H and O–H groups in total. The Morgan fingerprint density at radius 3 is 2.65 bits per heavy atom. The van der Waals surface area contributed by atoms with Crippen molar-refractivity contribution in [3.63, 3.8) is 0 Å². The van der Waals surface area contributed by atoms with Crippen molar-refractivity contribution in [1.29, 1.82) is 0 Å². The average molecular weight is 448 g/mol. The molecule has 3 amide bonds. The molecule has 1 aromatic carbocycles. The average Bonchev–Trinajstić information content (AvgIpc) is 3.30. The van der Waals surface area contributed by atoms with Crippen LogP contribution in [0.5, 0.6) is 0 Å². The number of carbonyl (C=O) groups is 3. The summed E-state index contributed by atoms with van der Waals surface area (Å²) in [5, 5.41) is 7.53. The molecule has 0 unspecified atom stereocenters. The minimum Gasteiger partial charge on any atom is -0.338 e. The van der Waals surface area contributed by atoms with Crippen molar-refractivity contribution in [3.05, 3.63) is 35.9 Å². The fourth-order valence-corrected chi connectivity index (χ4v) is 5.35. The second-order valence-electron chi connectivity index (χ2n) is 8.90. The van der Waals surface area contributed by atoms with Crippen molar-refractivity contribution in [2.75, 3.05) is 5.75 Å². The highest BCUT2D eigenvalue weighted by Gasteiger charge is 2.42. The SMILES string of the molecule is CCC(C)(C)C(=O)N(Cc1ccccc1)OC(=O)CCCC[C@@H]1SC[C@@H]2NC(=O)N[C@@H]21. The molecule has 2 aliphatic heterocycles. The fraction of sp³-hybridized carbons (Fsp3) is 0.609. The predicted molar refractivity (Wildman–Crippen MR) is 121 cm³/mol. The lowest BCUT2D eigenvalue weighted by Crippen LogP contribution is -2.41. The standard InChI is InChI=1S/C23H33N3O4S/c1-4-23(2,3)21(28)26(14-16-10-6-5-7-11-16)30-19(27)13-9-8-12-18-20-17(15-31-18)24-22(29)25-20/h5-7,10-11,17-18,20H,4,8-9,12-15H2,1-3H3,(H2,24,25,29)/t17-,18-,20-/m0/s1. The molecule has 7 nitrogen and oxygen atoms in total. The van der Waals surface area contributed by atoms with Crippen LogP contribution in [0.3, 0.4) is 0 Å². The van der Waals surface area contributed by atoms with Crippen LogP contribution in [0.15, 0.2) is 30.3 Å². The lowest BCUT2D eigenvalue weighted by molar-refractivity contribution is -0.206. The zero-order valence-electron chi connectivity index (χ0n) is 18.6. The van der Waals surface area contributed by atoms with Crippen molar-refractivity contribution in [3.8, 4) is 0 Å². The Bertz CT molecular complexity index is 786. The predicted octanol–water partition coefficient (Wildman–Crippen LogP) is 3.64. The molecule has 0 bridgehead atoms. The highest BCUT2D eigenvalue weighted by molar-refractivity contribution is 8.00. The second kappa shape index (κ2) is 10.4. The summed E-state index contributed by atoms with van der Waals surface area (Å²) in [7, 11) is 0. The van der Waals surface area contributed by atoms with Gasteiger partial charge < -0.3 is 15.5 Å². The molecule has 0 aliphatic carbocycles. The Balaban J connectivity index is 1.48. The lowest BCUT2D eigenvalue weighted by Gasteiger charge is -2.29. The molecule has 1 aromatic rings. The summed E-state index contributed by atoms with van der Waals surface area (Å²) in [6.45, 7) is 5.92. The van der Waals surface area contributed by atoms with Gasteiger partial charge in [-0.3, -0.25) is 4.79 Å². The molecule has 0 spiro atoms. The zero-order valence-corrected chi connectivity index (χ0v) is 19.4. The van der Waals surface area contributed by atoms with Gasteiger partial charge in [0.1, 0.15) is 0 Å². The molecular weight excluding hydrogens is 414 g/mol. The number of benzene rings is 1. The summed E-state index contributed by atoms with van der Waals surface area (Å²) in [6, 6.07) is 9.85. The van der Waals surface area contributed by atoms with Crippen LogP contribution in [-0.2, 0) is 21.0 Å². The largest absolute Gasteiger partial charge is 0.338 e. The van der Waals surface area contributed by atoms with Gasteiger partial charge in [-0.2, -0.15) is 16.8 Å². The Morgan fingerprint density at radius 1 is 1.19 bits per heavy atom. The molecule has 3 atom stereocenters. The molecule has 0 radical (unpaired) electrons. The summed E-state index contributed by atoms with van der Waals surface area (Å²) < 4.78 is 0. The first-order valence-corrected chi connectivity index (χ1v) is 12.1. The number of nitrogens with zero attached hydrogens (tertiary/aromatic N) is 1. The number of hydroxylamine groups is 2. The number of amides is 3. The van der Waals surface area contributed by atoms with E-state index < -0.39 is 5.41 Å². The minimum absolute atomic E-state index is 0.0814. The first-order valence-electron chi connectivity index (χ1n) is 11.1. The summed E-state index contributed by atoms with van der Waals surface area (Å²) in [5.74, 6) is 0.355. The highest BCUT2D eigenvalue weighted by atomic mass is 32.2.